The first-order valence-corrected chi connectivity index (χ1v) is 6.38. The second-order valence-electron chi connectivity index (χ2n) is 5.51. The van der Waals surface area contributed by atoms with Crippen molar-refractivity contribution in [3.8, 4) is 0 Å². The third-order valence-electron chi connectivity index (χ3n) is 4.36. The van der Waals surface area contributed by atoms with Gasteiger partial charge in [-0.1, -0.05) is 0 Å². The Morgan fingerprint density at radius 3 is 3.17 bits per heavy atom. The van der Waals surface area contributed by atoms with E-state index in [0.29, 0.717) is 17.2 Å². The molecule has 2 N–H and O–H groups in total. The van der Waals surface area contributed by atoms with Crippen LogP contribution in [0.2, 0.25) is 0 Å². The summed E-state index contributed by atoms with van der Waals surface area (Å²) in [7, 11) is 0. The zero-order chi connectivity index (χ0) is 12.8. The van der Waals surface area contributed by atoms with Crippen LogP contribution in [0.4, 0.5) is 0 Å². The highest BCUT2D eigenvalue weighted by atomic mass is 16.4. The largest absolute Gasteiger partial charge is 0.478 e. The lowest BCUT2D eigenvalue weighted by molar-refractivity contribution is 0.0690. The fourth-order valence-electron chi connectivity index (χ4n) is 3.52. The minimum absolute atomic E-state index is 0.0929. The van der Waals surface area contributed by atoms with E-state index in [0.717, 1.165) is 38.0 Å². The van der Waals surface area contributed by atoms with E-state index in [2.05, 4.69) is 15.3 Å². The molecular formula is C13H17N3O2. The standard InChI is InChI=1S/C13H17N3O2/c1-8-10(12(17)18)11(16-7-15-8)13-3-2-9(4-13)5-14-6-13/h7,9,14H,2-6H2,1H3,(H,17,18). The predicted octanol–water partition coefficient (Wildman–Crippen LogP) is 1.12. The van der Waals surface area contributed by atoms with Gasteiger partial charge in [-0.2, -0.15) is 0 Å². The van der Waals surface area contributed by atoms with E-state index in [4.69, 9.17) is 0 Å². The van der Waals surface area contributed by atoms with Crippen molar-refractivity contribution in [2.75, 3.05) is 13.1 Å². The molecule has 0 radical (unpaired) electrons. The van der Waals surface area contributed by atoms with Gasteiger partial charge in [0.15, 0.2) is 0 Å². The highest BCUT2D eigenvalue weighted by molar-refractivity contribution is 5.90. The van der Waals surface area contributed by atoms with Gasteiger partial charge in [-0.15, -0.1) is 0 Å². The van der Waals surface area contributed by atoms with Crippen molar-refractivity contribution in [3.05, 3.63) is 23.3 Å². The smallest absolute Gasteiger partial charge is 0.339 e. The van der Waals surface area contributed by atoms with Crippen LogP contribution >= 0.6 is 0 Å². The first kappa shape index (κ1) is 11.6. The lowest BCUT2D eigenvalue weighted by Crippen LogP contribution is -2.43. The molecule has 2 atom stereocenters. The van der Waals surface area contributed by atoms with Crippen LogP contribution < -0.4 is 5.32 Å². The predicted molar refractivity (Wildman–Crippen MR) is 65.6 cm³/mol. The number of nitrogens with one attached hydrogen (secondary N) is 1. The third kappa shape index (κ3) is 1.61. The summed E-state index contributed by atoms with van der Waals surface area (Å²) >= 11 is 0. The number of fused-ring (bicyclic) bond motifs is 2. The van der Waals surface area contributed by atoms with Gasteiger partial charge in [0.25, 0.3) is 0 Å². The van der Waals surface area contributed by atoms with Crippen LogP contribution in [0.1, 0.15) is 41.0 Å². The van der Waals surface area contributed by atoms with Gasteiger partial charge in [0.05, 0.1) is 11.4 Å². The van der Waals surface area contributed by atoms with Gasteiger partial charge in [-0.05, 0) is 38.6 Å². The molecule has 1 aromatic heterocycles. The van der Waals surface area contributed by atoms with Crippen molar-refractivity contribution < 1.29 is 9.90 Å². The van der Waals surface area contributed by atoms with Crippen LogP contribution in [-0.4, -0.2) is 34.1 Å². The number of aromatic nitrogens is 2. The van der Waals surface area contributed by atoms with E-state index in [1.54, 1.807) is 6.92 Å². The molecular weight excluding hydrogens is 230 g/mol. The van der Waals surface area contributed by atoms with Crippen molar-refractivity contribution in [3.63, 3.8) is 0 Å². The maximum Gasteiger partial charge on any atom is 0.339 e. The molecule has 96 valence electrons. The lowest BCUT2D eigenvalue weighted by Gasteiger charge is -2.34. The number of hydrogen-bond donors (Lipinski definition) is 2. The van der Waals surface area contributed by atoms with E-state index in [9.17, 15) is 9.90 Å². The summed E-state index contributed by atoms with van der Waals surface area (Å²) in [6.07, 6.45) is 4.74. The topological polar surface area (TPSA) is 75.1 Å². The van der Waals surface area contributed by atoms with Gasteiger partial charge in [0.1, 0.15) is 11.9 Å². The average Bonchev–Trinajstić information content (AvgIpc) is 2.65. The zero-order valence-corrected chi connectivity index (χ0v) is 10.4. The summed E-state index contributed by atoms with van der Waals surface area (Å²) in [6.45, 7) is 3.63. The number of hydrogen-bond acceptors (Lipinski definition) is 4. The second-order valence-corrected chi connectivity index (χ2v) is 5.51. The van der Waals surface area contributed by atoms with Gasteiger partial charge in [-0.25, -0.2) is 14.8 Å². The fraction of sp³-hybridized carbons (Fsp3) is 0.615. The fourth-order valence-corrected chi connectivity index (χ4v) is 3.52. The quantitative estimate of drug-likeness (QED) is 0.819. The molecule has 2 unspecified atom stereocenters. The Morgan fingerprint density at radius 1 is 1.56 bits per heavy atom. The third-order valence-corrected chi connectivity index (χ3v) is 4.36. The molecule has 5 heteroatoms. The molecule has 2 fully saturated rings. The molecule has 0 amide bonds. The number of aromatic carboxylic acids is 1. The minimum Gasteiger partial charge on any atom is -0.478 e. The van der Waals surface area contributed by atoms with Gasteiger partial charge >= 0.3 is 5.97 Å². The molecule has 1 aliphatic heterocycles. The van der Waals surface area contributed by atoms with Crippen LogP contribution in [0, 0.1) is 12.8 Å². The van der Waals surface area contributed by atoms with Crippen LogP contribution in [0.15, 0.2) is 6.33 Å². The monoisotopic (exact) mass is 247 g/mol. The number of rotatable bonds is 2. The summed E-state index contributed by atoms with van der Waals surface area (Å²) in [5.41, 5.74) is 1.51. The molecule has 5 nitrogen and oxygen atoms in total. The van der Waals surface area contributed by atoms with Crippen molar-refractivity contribution in [2.24, 2.45) is 5.92 Å². The summed E-state index contributed by atoms with van der Waals surface area (Å²) in [5, 5.41) is 12.8. The van der Waals surface area contributed by atoms with Gasteiger partial charge in [0, 0.05) is 12.0 Å². The van der Waals surface area contributed by atoms with E-state index in [1.165, 1.54) is 6.33 Å². The Hall–Kier alpha value is -1.49. The van der Waals surface area contributed by atoms with Crippen molar-refractivity contribution >= 4 is 5.97 Å². The Morgan fingerprint density at radius 2 is 2.39 bits per heavy atom. The number of carboxylic acids is 1. The van der Waals surface area contributed by atoms with Crippen molar-refractivity contribution in [1.82, 2.24) is 15.3 Å². The lowest BCUT2D eigenvalue weighted by atomic mass is 9.77. The molecule has 1 saturated heterocycles. The number of aryl methyl sites for hydroxylation is 1. The number of nitrogens with zero attached hydrogens (tertiary/aromatic N) is 2. The van der Waals surface area contributed by atoms with E-state index in [1.807, 2.05) is 0 Å². The summed E-state index contributed by atoms with van der Waals surface area (Å²) in [5.74, 6) is -0.248. The molecule has 3 rings (SSSR count). The Bertz CT molecular complexity index is 499. The van der Waals surface area contributed by atoms with Crippen LogP contribution in [0.25, 0.3) is 0 Å². The van der Waals surface area contributed by atoms with Gasteiger partial charge in [-0.3, -0.25) is 0 Å². The molecule has 1 aromatic rings. The van der Waals surface area contributed by atoms with Crippen molar-refractivity contribution in [2.45, 2.75) is 31.6 Å². The Balaban J connectivity index is 2.12. The highest BCUT2D eigenvalue weighted by Gasteiger charge is 2.46. The molecule has 0 spiro atoms. The number of carboxylic acid groups (broad SMARTS) is 1. The molecule has 2 bridgehead atoms. The first-order valence-electron chi connectivity index (χ1n) is 6.38. The van der Waals surface area contributed by atoms with E-state index >= 15 is 0 Å². The molecule has 1 saturated carbocycles. The minimum atomic E-state index is -0.911. The zero-order valence-electron chi connectivity index (χ0n) is 10.4. The van der Waals surface area contributed by atoms with Crippen LogP contribution in [-0.2, 0) is 5.41 Å². The maximum absolute atomic E-state index is 11.5. The molecule has 18 heavy (non-hydrogen) atoms. The molecule has 2 heterocycles. The van der Waals surface area contributed by atoms with E-state index < -0.39 is 5.97 Å². The van der Waals surface area contributed by atoms with Crippen molar-refractivity contribution in [1.29, 1.82) is 0 Å². The first-order chi connectivity index (χ1) is 8.62. The SMILES string of the molecule is Cc1ncnc(C23CCC(CNC2)C3)c1C(=O)O. The molecule has 2 aliphatic rings. The highest BCUT2D eigenvalue weighted by Crippen LogP contribution is 2.46. The van der Waals surface area contributed by atoms with Gasteiger partial charge < -0.3 is 10.4 Å². The number of piperidine rings is 1. The normalized spacial score (nSPS) is 30.4. The second kappa shape index (κ2) is 4.02. The Kier molecular flexibility index (Phi) is 2.59. The summed E-state index contributed by atoms with van der Waals surface area (Å²) < 4.78 is 0. The summed E-state index contributed by atoms with van der Waals surface area (Å²) in [6, 6.07) is 0. The van der Waals surface area contributed by atoms with Crippen LogP contribution in [0.3, 0.4) is 0 Å². The van der Waals surface area contributed by atoms with E-state index in [-0.39, 0.29) is 5.41 Å². The molecule has 1 aliphatic carbocycles. The Labute approximate surface area is 106 Å². The number of carbonyl (C=O) groups is 1. The van der Waals surface area contributed by atoms with Gasteiger partial charge in [0.2, 0.25) is 0 Å². The molecule has 0 aromatic carbocycles. The average molecular weight is 247 g/mol. The maximum atomic E-state index is 11.5. The summed E-state index contributed by atoms with van der Waals surface area (Å²) in [4.78, 5) is 19.8. The van der Waals surface area contributed by atoms with Crippen LogP contribution in [0.5, 0.6) is 0 Å².